The fourth-order valence-electron chi connectivity index (χ4n) is 3.67. The summed E-state index contributed by atoms with van der Waals surface area (Å²) in [4.78, 5) is 2.39. The molecule has 0 aromatic rings. The second kappa shape index (κ2) is 17.6. The van der Waals surface area contributed by atoms with Crippen molar-refractivity contribution in [2.75, 3.05) is 20.7 Å². The summed E-state index contributed by atoms with van der Waals surface area (Å²) in [6.45, 7) is 3.30. The Morgan fingerprint density at radius 3 is 1.52 bits per heavy atom. The number of halogens is 1. The molecule has 1 rings (SSSR count). The van der Waals surface area contributed by atoms with E-state index in [1.165, 1.54) is 103 Å². The molecule has 0 radical (unpaired) electrons. The number of epoxide rings is 1. The second-order valence-corrected chi connectivity index (χ2v) is 8.19. The van der Waals surface area contributed by atoms with Crippen LogP contribution in [0.4, 0.5) is 0 Å². The highest BCUT2D eigenvalue weighted by Crippen LogP contribution is 2.21. The summed E-state index contributed by atoms with van der Waals surface area (Å²) in [6.07, 6.45) is 23.4. The van der Waals surface area contributed by atoms with Gasteiger partial charge in [-0.15, -0.1) is 12.4 Å². The molecule has 1 aliphatic heterocycles. The number of hydrogen-bond acceptors (Lipinski definition) is 2. The van der Waals surface area contributed by atoms with E-state index in [1.54, 1.807) is 0 Å². The molecular formula is C22H46ClNO. The molecule has 0 N–H and O–H groups in total. The number of unbranched alkanes of at least 4 members (excludes halogenated alkanes) is 13. The van der Waals surface area contributed by atoms with Crippen molar-refractivity contribution in [3.05, 3.63) is 0 Å². The van der Waals surface area contributed by atoms with Crippen molar-refractivity contribution in [2.45, 2.75) is 122 Å². The first-order chi connectivity index (χ1) is 11.7. The molecule has 2 nitrogen and oxygen atoms in total. The van der Waals surface area contributed by atoms with E-state index < -0.39 is 0 Å². The van der Waals surface area contributed by atoms with Crippen LogP contribution in [0.1, 0.15) is 110 Å². The molecule has 0 bridgehead atoms. The first kappa shape index (κ1) is 25.2. The SMILES string of the molecule is CCCCCCCCCCCCCCCCC(CC1CO1)N(C)C.Cl. The van der Waals surface area contributed by atoms with E-state index in [-0.39, 0.29) is 12.4 Å². The highest BCUT2D eigenvalue weighted by molar-refractivity contribution is 5.85. The molecule has 0 aliphatic carbocycles. The maximum atomic E-state index is 5.39. The van der Waals surface area contributed by atoms with E-state index in [1.807, 2.05) is 0 Å². The van der Waals surface area contributed by atoms with Crippen molar-refractivity contribution in [1.82, 2.24) is 4.90 Å². The van der Waals surface area contributed by atoms with E-state index >= 15 is 0 Å². The van der Waals surface area contributed by atoms with E-state index in [4.69, 9.17) is 4.74 Å². The van der Waals surface area contributed by atoms with Gasteiger partial charge in [0, 0.05) is 6.04 Å². The normalized spacial score (nSPS) is 17.5. The van der Waals surface area contributed by atoms with E-state index in [0.29, 0.717) is 6.10 Å². The average Bonchev–Trinajstić information content (AvgIpc) is 3.38. The largest absolute Gasteiger partial charge is 0.373 e. The van der Waals surface area contributed by atoms with E-state index in [0.717, 1.165) is 12.6 Å². The van der Waals surface area contributed by atoms with Crippen LogP contribution < -0.4 is 0 Å². The summed E-state index contributed by atoms with van der Waals surface area (Å²) in [5.41, 5.74) is 0. The quantitative estimate of drug-likeness (QED) is 0.189. The Morgan fingerprint density at radius 2 is 1.16 bits per heavy atom. The highest BCUT2D eigenvalue weighted by atomic mass is 35.5. The molecule has 2 unspecified atom stereocenters. The second-order valence-electron chi connectivity index (χ2n) is 8.19. The molecule has 0 aromatic carbocycles. The molecule has 1 aliphatic rings. The lowest BCUT2D eigenvalue weighted by Gasteiger charge is -2.23. The third-order valence-corrected chi connectivity index (χ3v) is 5.56. The van der Waals surface area contributed by atoms with Gasteiger partial charge in [0.05, 0.1) is 12.7 Å². The summed E-state index contributed by atoms with van der Waals surface area (Å²) in [7, 11) is 4.44. The predicted molar refractivity (Wildman–Crippen MR) is 114 cm³/mol. The number of ether oxygens (including phenoxy) is 1. The van der Waals surface area contributed by atoms with Crippen LogP contribution in [-0.4, -0.2) is 37.7 Å². The van der Waals surface area contributed by atoms with Crippen LogP contribution in [-0.2, 0) is 4.74 Å². The lowest BCUT2D eigenvalue weighted by Crippen LogP contribution is -2.29. The fourth-order valence-corrected chi connectivity index (χ4v) is 3.67. The van der Waals surface area contributed by atoms with Crippen molar-refractivity contribution in [1.29, 1.82) is 0 Å². The Hall–Kier alpha value is 0.210. The van der Waals surface area contributed by atoms with Crippen LogP contribution in [0.3, 0.4) is 0 Å². The number of rotatable bonds is 18. The molecule has 0 spiro atoms. The Morgan fingerprint density at radius 1 is 0.760 bits per heavy atom. The standard InChI is InChI=1S/C22H45NO.ClH/c1-4-5-6-7-8-9-10-11-12-13-14-15-16-17-18-21(23(2)3)19-22-20-24-22;/h21-22H,4-20H2,1-3H3;1H. The Labute approximate surface area is 164 Å². The maximum Gasteiger partial charge on any atom is 0.0824 e. The van der Waals surface area contributed by atoms with E-state index in [2.05, 4.69) is 25.9 Å². The van der Waals surface area contributed by atoms with Gasteiger partial charge in [-0.1, -0.05) is 96.8 Å². The smallest absolute Gasteiger partial charge is 0.0824 e. The molecule has 2 atom stereocenters. The Balaban J connectivity index is 0.00000576. The zero-order chi connectivity index (χ0) is 17.5. The predicted octanol–water partition coefficient (Wildman–Crippen LogP) is 7.00. The summed E-state index contributed by atoms with van der Waals surface area (Å²) < 4.78 is 5.39. The number of nitrogens with zero attached hydrogens (tertiary/aromatic N) is 1. The van der Waals surface area contributed by atoms with Gasteiger partial charge in [0.15, 0.2) is 0 Å². The van der Waals surface area contributed by atoms with Crippen LogP contribution in [0.5, 0.6) is 0 Å². The molecule has 0 amide bonds. The van der Waals surface area contributed by atoms with Gasteiger partial charge in [0.25, 0.3) is 0 Å². The van der Waals surface area contributed by atoms with Crippen LogP contribution in [0.25, 0.3) is 0 Å². The van der Waals surface area contributed by atoms with Gasteiger partial charge >= 0.3 is 0 Å². The lowest BCUT2D eigenvalue weighted by molar-refractivity contribution is 0.235. The molecule has 0 aromatic heterocycles. The first-order valence-electron chi connectivity index (χ1n) is 11.0. The summed E-state index contributed by atoms with van der Waals surface area (Å²) >= 11 is 0. The summed E-state index contributed by atoms with van der Waals surface area (Å²) in [6, 6.07) is 0.731. The zero-order valence-electron chi connectivity index (χ0n) is 17.4. The molecule has 1 saturated heterocycles. The Bertz CT molecular complexity index is 269. The minimum Gasteiger partial charge on any atom is -0.373 e. The van der Waals surface area contributed by atoms with Gasteiger partial charge in [-0.3, -0.25) is 0 Å². The van der Waals surface area contributed by atoms with Gasteiger partial charge in [-0.2, -0.15) is 0 Å². The molecular weight excluding hydrogens is 330 g/mol. The van der Waals surface area contributed by atoms with Gasteiger partial charge in [0.2, 0.25) is 0 Å². The minimum atomic E-state index is 0. The van der Waals surface area contributed by atoms with Crippen molar-refractivity contribution in [3.8, 4) is 0 Å². The maximum absolute atomic E-state index is 5.39. The van der Waals surface area contributed by atoms with E-state index in [9.17, 15) is 0 Å². The van der Waals surface area contributed by atoms with Crippen molar-refractivity contribution in [3.63, 3.8) is 0 Å². The summed E-state index contributed by atoms with van der Waals surface area (Å²) in [5, 5.41) is 0. The van der Waals surface area contributed by atoms with Crippen LogP contribution in [0.15, 0.2) is 0 Å². The minimum absolute atomic E-state index is 0. The fraction of sp³-hybridized carbons (Fsp3) is 1.00. The monoisotopic (exact) mass is 375 g/mol. The van der Waals surface area contributed by atoms with Gasteiger partial charge in [0.1, 0.15) is 0 Å². The van der Waals surface area contributed by atoms with Crippen molar-refractivity contribution >= 4 is 12.4 Å². The van der Waals surface area contributed by atoms with Gasteiger partial charge in [-0.25, -0.2) is 0 Å². The third-order valence-electron chi connectivity index (χ3n) is 5.56. The summed E-state index contributed by atoms with van der Waals surface area (Å²) in [5.74, 6) is 0. The van der Waals surface area contributed by atoms with Gasteiger partial charge < -0.3 is 9.64 Å². The van der Waals surface area contributed by atoms with Crippen molar-refractivity contribution in [2.24, 2.45) is 0 Å². The highest BCUT2D eigenvalue weighted by Gasteiger charge is 2.27. The third kappa shape index (κ3) is 16.1. The molecule has 3 heteroatoms. The number of hydrogen-bond donors (Lipinski definition) is 0. The topological polar surface area (TPSA) is 15.8 Å². The first-order valence-corrected chi connectivity index (χ1v) is 11.0. The molecule has 1 fully saturated rings. The van der Waals surface area contributed by atoms with Crippen LogP contribution in [0.2, 0.25) is 0 Å². The van der Waals surface area contributed by atoms with Gasteiger partial charge in [-0.05, 0) is 26.9 Å². The zero-order valence-corrected chi connectivity index (χ0v) is 18.3. The molecule has 152 valence electrons. The Kier molecular flexibility index (Phi) is 17.8. The average molecular weight is 376 g/mol. The van der Waals surface area contributed by atoms with Crippen molar-refractivity contribution < 1.29 is 4.74 Å². The lowest BCUT2D eigenvalue weighted by atomic mass is 10.0. The molecule has 0 saturated carbocycles. The molecule has 1 heterocycles. The molecule has 25 heavy (non-hydrogen) atoms. The van der Waals surface area contributed by atoms with Crippen LogP contribution in [0, 0.1) is 0 Å². The van der Waals surface area contributed by atoms with Crippen LogP contribution >= 0.6 is 12.4 Å².